The molecule has 22 heavy (non-hydrogen) atoms. The number of carbonyl (C=O) groups is 1. The van der Waals surface area contributed by atoms with Gasteiger partial charge in [-0.1, -0.05) is 19.9 Å². The number of benzene rings is 1. The lowest BCUT2D eigenvalue weighted by molar-refractivity contribution is 0.102. The number of nitrogens with one attached hydrogen (secondary N) is 2. The smallest absolute Gasteiger partial charge is 0.256 e. The van der Waals surface area contributed by atoms with Crippen molar-refractivity contribution in [3.05, 3.63) is 47.8 Å². The number of nitrogens with zero attached hydrogens (tertiary/aromatic N) is 2. The lowest BCUT2D eigenvalue weighted by Crippen LogP contribution is -2.14. The van der Waals surface area contributed by atoms with Gasteiger partial charge < -0.3 is 10.6 Å². The summed E-state index contributed by atoms with van der Waals surface area (Å²) in [6, 6.07) is 8.88. The molecule has 1 aromatic heterocycles. The van der Waals surface area contributed by atoms with Gasteiger partial charge in [-0.05, 0) is 42.7 Å². The molecule has 1 heterocycles. The molecule has 0 spiro atoms. The van der Waals surface area contributed by atoms with Crippen LogP contribution in [0.3, 0.4) is 0 Å². The van der Waals surface area contributed by atoms with Crippen LogP contribution in [0.4, 0.5) is 16.0 Å². The van der Waals surface area contributed by atoms with Crippen LogP contribution in [0.1, 0.15) is 30.6 Å². The number of aromatic nitrogens is 2. The Kier molecular flexibility index (Phi) is 5.41. The van der Waals surface area contributed by atoms with Crippen LogP contribution in [0.15, 0.2) is 36.4 Å². The fourth-order valence-corrected chi connectivity index (χ4v) is 1.80. The van der Waals surface area contributed by atoms with Crippen molar-refractivity contribution >= 4 is 17.5 Å². The number of hydrogen-bond donors (Lipinski definition) is 2. The predicted octanol–water partition coefficient (Wildman–Crippen LogP) is 3.33. The maximum atomic E-state index is 13.1. The highest BCUT2D eigenvalue weighted by atomic mass is 19.1. The molecule has 0 unspecified atom stereocenters. The van der Waals surface area contributed by atoms with E-state index >= 15 is 0 Å². The van der Waals surface area contributed by atoms with Crippen molar-refractivity contribution in [1.29, 1.82) is 0 Å². The molecule has 5 nitrogen and oxygen atoms in total. The van der Waals surface area contributed by atoms with Gasteiger partial charge in [0.25, 0.3) is 5.91 Å². The number of halogens is 1. The van der Waals surface area contributed by atoms with Gasteiger partial charge in [0.05, 0.1) is 0 Å². The van der Waals surface area contributed by atoms with Crippen molar-refractivity contribution in [2.24, 2.45) is 5.92 Å². The van der Waals surface area contributed by atoms with Crippen LogP contribution in [-0.4, -0.2) is 22.6 Å². The molecule has 0 aliphatic heterocycles. The minimum absolute atomic E-state index is 0.237. The second-order valence-corrected chi connectivity index (χ2v) is 5.38. The lowest BCUT2D eigenvalue weighted by Gasteiger charge is -2.08. The molecule has 0 bridgehead atoms. The minimum atomic E-state index is -0.455. The van der Waals surface area contributed by atoms with E-state index in [-0.39, 0.29) is 5.56 Å². The zero-order chi connectivity index (χ0) is 15.9. The predicted molar refractivity (Wildman–Crippen MR) is 84.3 cm³/mol. The lowest BCUT2D eigenvalue weighted by atomic mass is 10.1. The molecule has 1 aromatic carbocycles. The quantitative estimate of drug-likeness (QED) is 0.859. The van der Waals surface area contributed by atoms with Crippen LogP contribution in [0.2, 0.25) is 0 Å². The summed E-state index contributed by atoms with van der Waals surface area (Å²) in [6.45, 7) is 5.12. The summed E-state index contributed by atoms with van der Waals surface area (Å²) in [5.74, 6) is 0.719. The Morgan fingerprint density at radius 1 is 1.18 bits per heavy atom. The molecule has 116 valence electrons. The first-order valence-corrected chi connectivity index (χ1v) is 7.19. The molecule has 6 heteroatoms. The minimum Gasteiger partial charge on any atom is -0.369 e. The number of carbonyl (C=O) groups excluding carboxylic acids is 1. The van der Waals surface area contributed by atoms with Crippen LogP contribution in [-0.2, 0) is 0 Å². The Morgan fingerprint density at radius 2 is 1.91 bits per heavy atom. The molecular weight excluding hydrogens is 283 g/mol. The van der Waals surface area contributed by atoms with Gasteiger partial charge in [-0.3, -0.25) is 4.79 Å². The van der Waals surface area contributed by atoms with Crippen LogP contribution < -0.4 is 10.6 Å². The van der Waals surface area contributed by atoms with E-state index in [1.807, 2.05) is 0 Å². The number of rotatable bonds is 6. The van der Waals surface area contributed by atoms with Gasteiger partial charge in [0.2, 0.25) is 0 Å². The van der Waals surface area contributed by atoms with Gasteiger partial charge >= 0.3 is 0 Å². The summed E-state index contributed by atoms with van der Waals surface area (Å²) in [7, 11) is 0. The van der Waals surface area contributed by atoms with E-state index in [4.69, 9.17) is 0 Å². The molecule has 0 aliphatic carbocycles. The van der Waals surface area contributed by atoms with Crippen molar-refractivity contribution < 1.29 is 9.18 Å². The fourth-order valence-electron chi connectivity index (χ4n) is 1.80. The Morgan fingerprint density at radius 3 is 2.55 bits per heavy atom. The highest BCUT2D eigenvalue weighted by Crippen LogP contribution is 2.10. The highest BCUT2D eigenvalue weighted by molar-refractivity contribution is 6.03. The topological polar surface area (TPSA) is 66.9 Å². The zero-order valence-corrected chi connectivity index (χ0v) is 12.6. The maximum absolute atomic E-state index is 13.1. The van der Waals surface area contributed by atoms with Gasteiger partial charge in [-0.2, -0.15) is 0 Å². The molecule has 0 fully saturated rings. The summed E-state index contributed by atoms with van der Waals surface area (Å²) in [6.07, 6.45) is 1.04. The van der Waals surface area contributed by atoms with E-state index in [1.165, 1.54) is 24.3 Å². The molecule has 0 atom stereocenters. The molecule has 0 aliphatic rings. The first-order chi connectivity index (χ1) is 10.5. The van der Waals surface area contributed by atoms with Gasteiger partial charge in [0.15, 0.2) is 5.82 Å². The zero-order valence-electron chi connectivity index (χ0n) is 12.6. The van der Waals surface area contributed by atoms with E-state index < -0.39 is 11.7 Å². The average Bonchev–Trinajstić information content (AvgIpc) is 2.48. The summed E-state index contributed by atoms with van der Waals surface area (Å²) >= 11 is 0. The third-order valence-corrected chi connectivity index (χ3v) is 3.02. The molecule has 0 saturated carbocycles. The Labute approximate surface area is 129 Å². The Bertz CT molecular complexity index is 628. The van der Waals surface area contributed by atoms with E-state index in [1.54, 1.807) is 12.1 Å². The summed E-state index contributed by atoms with van der Waals surface area (Å²) in [4.78, 5) is 11.9. The molecular formula is C16H19FN4O. The largest absolute Gasteiger partial charge is 0.369 e. The molecule has 2 aromatic rings. The van der Waals surface area contributed by atoms with Crippen molar-refractivity contribution in [1.82, 2.24) is 10.2 Å². The van der Waals surface area contributed by atoms with Crippen molar-refractivity contribution in [3.8, 4) is 0 Å². The van der Waals surface area contributed by atoms with Crippen molar-refractivity contribution in [3.63, 3.8) is 0 Å². The molecule has 2 rings (SSSR count). The molecule has 2 N–H and O–H groups in total. The summed E-state index contributed by atoms with van der Waals surface area (Å²) < 4.78 is 13.1. The third-order valence-electron chi connectivity index (χ3n) is 3.02. The SMILES string of the molecule is CC(C)CCNc1ccc(NC(=O)c2cccc(F)c2)nn1. The number of amides is 1. The van der Waals surface area contributed by atoms with Crippen LogP contribution in [0.5, 0.6) is 0 Å². The van der Waals surface area contributed by atoms with Crippen LogP contribution >= 0.6 is 0 Å². The van der Waals surface area contributed by atoms with Gasteiger partial charge in [0, 0.05) is 12.1 Å². The first-order valence-electron chi connectivity index (χ1n) is 7.19. The normalized spacial score (nSPS) is 10.5. The van der Waals surface area contributed by atoms with Crippen molar-refractivity contribution in [2.45, 2.75) is 20.3 Å². The second kappa shape index (κ2) is 7.49. The number of hydrogen-bond acceptors (Lipinski definition) is 4. The Balaban J connectivity index is 1.92. The van der Waals surface area contributed by atoms with E-state index in [9.17, 15) is 9.18 Å². The highest BCUT2D eigenvalue weighted by Gasteiger charge is 2.08. The van der Waals surface area contributed by atoms with Gasteiger partial charge in [-0.25, -0.2) is 4.39 Å². The maximum Gasteiger partial charge on any atom is 0.256 e. The molecule has 0 radical (unpaired) electrons. The Hall–Kier alpha value is -2.50. The fraction of sp³-hybridized carbons (Fsp3) is 0.312. The van der Waals surface area contributed by atoms with Gasteiger partial charge in [-0.15, -0.1) is 10.2 Å². The number of anilines is 2. The molecule has 0 saturated heterocycles. The van der Waals surface area contributed by atoms with Crippen molar-refractivity contribution in [2.75, 3.05) is 17.2 Å². The molecule has 1 amide bonds. The summed E-state index contributed by atoms with van der Waals surface area (Å²) in [5, 5.41) is 13.7. The van der Waals surface area contributed by atoms with Crippen LogP contribution in [0.25, 0.3) is 0 Å². The average molecular weight is 302 g/mol. The summed E-state index contributed by atoms with van der Waals surface area (Å²) in [5.41, 5.74) is 0.237. The standard InChI is InChI=1S/C16H19FN4O/c1-11(2)8-9-18-14-6-7-15(21-20-14)19-16(22)12-4-3-5-13(17)10-12/h3-7,10-11H,8-9H2,1-2H3,(H,18,20)(H,19,21,22). The third kappa shape index (κ3) is 4.80. The second-order valence-electron chi connectivity index (χ2n) is 5.38. The van der Waals surface area contributed by atoms with Crippen LogP contribution in [0, 0.1) is 11.7 Å². The van der Waals surface area contributed by atoms with E-state index in [0.29, 0.717) is 17.6 Å². The van der Waals surface area contributed by atoms with E-state index in [2.05, 4.69) is 34.7 Å². The van der Waals surface area contributed by atoms with Gasteiger partial charge in [0.1, 0.15) is 11.6 Å². The van der Waals surface area contributed by atoms with E-state index in [0.717, 1.165) is 13.0 Å². The monoisotopic (exact) mass is 302 g/mol. The first kappa shape index (κ1) is 15.9.